The molecule has 2 bridgehead atoms. The lowest BCUT2D eigenvalue weighted by molar-refractivity contribution is -0.137. The number of piperidine rings is 1. The van der Waals surface area contributed by atoms with Crippen LogP contribution in [-0.4, -0.2) is 75.9 Å². The molecule has 15 heteroatoms. The Morgan fingerprint density at radius 1 is 1.09 bits per heavy atom. The summed E-state index contributed by atoms with van der Waals surface area (Å²) in [5.74, 6) is -1.83. The summed E-state index contributed by atoms with van der Waals surface area (Å²) in [6, 6.07) is 2.96. The standard InChI is InChI=1S/C32H35F6N7OS/c1-15(12-45-9-8-16(33)11-31(45,2)3)46-30-42-25-20(28(43-30)44-13-17-4-5-18(14-44)40-17)10-21(32(36,37)38)23(24(25)35)19-6-7-22(34)27-26(19)41-29(39)47-27/h6-7,10,15-18,40H,4-5,8-9,11-14H2,1-3H3,(H2,39,41)/t15-,16?,17?,18?/m0/s1. The number of nitrogen functional groups attached to an aromatic ring is 1. The third kappa shape index (κ3) is 5.94. The lowest BCUT2D eigenvalue weighted by Gasteiger charge is -2.44. The van der Waals surface area contributed by atoms with Crippen LogP contribution in [0.1, 0.15) is 52.0 Å². The fraction of sp³-hybridized carbons (Fsp3) is 0.531. The number of likely N-dealkylation sites (tertiary alicyclic amines) is 1. The summed E-state index contributed by atoms with van der Waals surface area (Å²) in [6.07, 6.45) is -3.82. The highest BCUT2D eigenvalue weighted by atomic mass is 32.1. The molecular weight excluding hydrogens is 644 g/mol. The second kappa shape index (κ2) is 11.6. The SMILES string of the molecule is C[C@@H](CN1CCC(F)CC1(C)C)Oc1nc(N2CC3CCC(C2)N3)c2cc(C(F)(F)F)c(-c3ccc(F)c4sc(N)nc34)c(F)c2n1. The predicted octanol–water partition coefficient (Wildman–Crippen LogP) is 6.71. The number of benzene rings is 2. The third-order valence-electron chi connectivity index (χ3n) is 9.57. The molecule has 0 radical (unpaired) electrons. The van der Waals surface area contributed by atoms with Gasteiger partial charge in [-0.2, -0.15) is 23.1 Å². The molecule has 2 aromatic heterocycles. The summed E-state index contributed by atoms with van der Waals surface area (Å²) < 4.78 is 96.1. The summed E-state index contributed by atoms with van der Waals surface area (Å²) in [7, 11) is 0. The van der Waals surface area contributed by atoms with Gasteiger partial charge in [-0.3, -0.25) is 4.90 Å². The van der Waals surface area contributed by atoms with Gasteiger partial charge in [0.25, 0.3) is 0 Å². The molecule has 5 heterocycles. The molecule has 252 valence electrons. The Hall–Kier alpha value is -3.43. The second-order valence-corrected chi connectivity index (χ2v) is 14.5. The Kier molecular flexibility index (Phi) is 7.94. The molecule has 7 rings (SSSR count). The number of piperazine rings is 1. The van der Waals surface area contributed by atoms with Crippen LogP contribution in [0, 0.1) is 11.6 Å². The van der Waals surface area contributed by atoms with E-state index >= 15 is 4.39 Å². The minimum Gasteiger partial charge on any atom is -0.459 e. The number of thiazole rings is 1. The van der Waals surface area contributed by atoms with Crippen molar-refractivity contribution in [3.05, 3.63) is 35.4 Å². The Labute approximate surface area is 271 Å². The van der Waals surface area contributed by atoms with Gasteiger partial charge in [-0.25, -0.2) is 18.2 Å². The smallest absolute Gasteiger partial charge is 0.417 e. The van der Waals surface area contributed by atoms with Crippen LogP contribution in [0.3, 0.4) is 0 Å². The van der Waals surface area contributed by atoms with Gasteiger partial charge < -0.3 is 20.7 Å². The quantitative estimate of drug-likeness (QED) is 0.218. The first-order valence-corrected chi connectivity index (χ1v) is 16.5. The number of hydrogen-bond acceptors (Lipinski definition) is 9. The molecule has 3 N–H and O–H groups in total. The molecule has 3 aliphatic heterocycles. The van der Waals surface area contributed by atoms with Gasteiger partial charge in [-0.15, -0.1) is 0 Å². The van der Waals surface area contributed by atoms with E-state index in [2.05, 4.69) is 25.2 Å². The van der Waals surface area contributed by atoms with Gasteiger partial charge in [0, 0.05) is 60.3 Å². The summed E-state index contributed by atoms with van der Waals surface area (Å²) in [6.45, 7) is 7.59. The fourth-order valence-corrected chi connectivity index (χ4v) is 8.14. The average molecular weight is 680 g/mol. The van der Waals surface area contributed by atoms with Gasteiger partial charge in [0.2, 0.25) is 0 Å². The van der Waals surface area contributed by atoms with Crippen molar-refractivity contribution in [2.45, 2.75) is 82.5 Å². The molecule has 2 aromatic carbocycles. The monoisotopic (exact) mass is 679 g/mol. The Morgan fingerprint density at radius 2 is 1.81 bits per heavy atom. The topological polar surface area (TPSA) is 92.4 Å². The highest BCUT2D eigenvalue weighted by molar-refractivity contribution is 7.22. The van der Waals surface area contributed by atoms with Crippen molar-refractivity contribution in [1.29, 1.82) is 0 Å². The number of rotatable bonds is 6. The summed E-state index contributed by atoms with van der Waals surface area (Å²) in [4.78, 5) is 17.0. The highest BCUT2D eigenvalue weighted by Crippen LogP contribution is 2.46. The van der Waals surface area contributed by atoms with Crippen LogP contribution in [0.5, 0.6) is 6.01 Å². The number of nitrogens with zero attached hydrogens (tertiary/aromatic N) is 5. The summed E-state index contributed by atoms with van der Waals surface area (Å²) >= 11 is 0.766. The van der Waals surface area contributed by atoms with E-state index in [4.69, 9.17) is 10.5 Å². The van der Waals surface area contributed by atoms with Crippen LogP contribution < -0.4 is 20.7 Å². The molecule has 3 unspecified atom stereocenters. The molecule has 3 aliphatic rings. The molecule has 47 heavy (non-hydrogen) atoms. The van der Waals surface area contributed by atoms with Gasteiger partial charge in [0.05, 0.1) is 15.8 Å². The first kappa shape index (κ1) is 32.1. The number of nitrogens with one attached hydrogen (secondary N) is 1. The molecule has 3 fully saturated rings. The van der Waals surface area contributed by atoms with E-state index in [-0.39, 0.29) is 55.7 Å². The van der Waals surface area contributed by atoms with E-state index in [1.165, 1.54) is 0 Å². The molecule has 4 atom stereocenters. The Balaban J connectivity index is 1.38. The summed E-state index contributed by atoms with van der Waals surface area (Å²) in [5, 5.41) is 3.32. The fourth-order valence-electron chi connectivity index (χ4n) is 7.37. The molecule has 4 aromatic rings. The second-order valence-electron chi connectivity index (χ2n) is 13.5. The van der Waals surface area contributed by atoms with E-state index < -0.39 is 46.8 Å². The van der Waals surface area contributed by atoms with Crippen molar-refractivity contribution in [3.63, 3.8) is 0 Å². The zero-order valence-electron chi connectivity index (χ0n) is 26.1. The van der Waals surface area contributed by atoms with E-state index in [1.807, 2.05) is 18.7 Å². The van der Waals surface area contributed by atoms with Crippen molar-refractivity contribution >= 4 is 43.4 Å². The molecule has 8 nitrogen and oxygen atoms in total. The van der Waals surface area contributed by atoms with Crippen LogP contribution in [-0.2, 0) is 6.18 Å². The predicted molar refractivity (Wildman–Crippen MR) is 170 cm³/mol. The highest BCUT2D eigenvalue weighted by Gasteiger charge is 2.40. The average Bonchev–Trinajstić information content (AvgIpc) is 3.55. The molecular formula is C32H35F6N7OS. The number of halogens is 6. The van der Waals surface area contributed by atoms with Crippen LogP contribution in [0.4, 0.5) is 37.3 Å². The number of hydrogen-bond donors (Lipinski definition) is 2. The van der Waals surface area contributed by atoms with Crippen molar-refractivity contribution in [2.75, 3.05) is 36.8 Å². The first-order chi connectivity index (χ1) is 22.2. The van der Waals surface area contributed by atoms with Crippen molar-refractivity contribution in [1.82, 2.24) is 25.2 Å². The Bertz CT molecular complexity index is 1840. The zero-order valence-corrected chi connectivity index (χ0v) is 26.9. The van der Waals surface area contributed by atoms with Crippen molar-refractivity contribution in [3.8, 4) is 17.1 Å². The molecule has 3 saturated heterocycles. The van der Waals surface area contributed by atoms with Gasteiger partial charge in [0.1, 0.15) is 29.4 Å². The van der Waals surface area contributed by atoms with E-state index in [0.29, 0.717) is 39.0 Å². The first-order valence-electron chi connectivity index (χ1n) is 15.7. The maximum absolute atomic E-state index is 16.9. The minimum absolute atomic E-state index is 0.0670. The maximum Gasteiger partial charge on any atom is 0.417 e. The Morgan fingerprint density at radius 3 is 2.49 bits per heavy atom. The minimum atomic E-state index is -4.99. The number of nitrogens with two attached hydrogens (primary N) is 1. The summed E-state index contributed by atoms with van der Waals surface area (Å²) in [5.41, 5.74) is 2.54. The number of fused-ring (bicyclic) bond motifs is 4. The van der Waals surface area contributed by atoms with Crippen molar-refractivity contribution < 1.29 is 31.1 Å². The number of alkyl halides is 4. The van der Waals surface area contributed by atoms with Crippen molar-refractivity contribution in [2.24, 2.45) is 0 Å². The molecule has 0 saturated carbocycles. The third-order valence-corrected chi connectivity index (χ3v) is 10.5. The van der Waals surface area contributed by atoms with E-state index in [9.17, 15) is 22.0 Å². The molecule has 0 aliphatic carbocycles. The largest absolute Gasteiger partial charge is 0.459 e. The number of anilines is 2. The van der Waals surface area contributed by atoms with Gasteiger partial charge >= 0.3 is 12.2 Å². The zero-order chi connectivity index (χ0) is 33.4. The number of ether oxygens (including phenoxy) is 1. The van der Waals surface area contributed by atoms with Crippen LogP contribution in [0.15, 0.2) is 18.2 Å². The van der Waals surface area contributed by atoms with Crippen LogP contribution in [0.25, 0.3) is 32.2 Å². The van der Waals surface area contributed by atoms with E-state index in [1.54, 1.807) is 6.92 Å². The molecule has 0 amide bonds. The molecule has 0 spiro atoms. The lowest BCUT2D eigenvalue weighted by atomic mass is 9.89. The maximum atomic E-state index is 16.9. The van der Waals surface area contributed by atoms with Gasteiger partial charge in [0.15, 0.2) is 10.9 Å². The van der Waals surface area contributed by atoms with Gasteiger partial charge in [-0.1, -0.05) is 11.3 Å². The lowest BCUT2D eigenvalue weighted by Crippen LogP contribution is -2.53. The van der Waals surface area contributed by atoms with Crippen LogP contribution in [0.2, 0.25) is 0 Å². The van der Waals surface area contributed by atoms with Gasteiger partial charge in [-0.05, 0) is 64.7 Å². The van der Waals surface area contributed by atoms with Crippen LogP contribution >= 0.6 is 11.3 Å². The number of aromatic nitrogens is 3. The van der Waals surface area contributed by atoms with E-state index in [0.717, 1.165) is 42.4 Å². The normalized spacial score (nSPS) is 23.9.